The molecule has 0 fully saturated rings. The second kappa shape index (κ2) is 9.60. The second-order valence-electron chi connectivity index (χ2n) is 8.01. The first-order valence-electron chi connectivity index (χ1n) is 10.9. The van der Waals surface area contributed by atoms with Crippen molar-refractivity contribution in [3.05, 3.63) is 102 Å². The van der Waals surface area contributed by atoms with E-state index in [0.717, 1.165) is 16.8 Å². The van der Waals surface area contributed by atoms with Crippen LogP contribution >= 0.6 is 0 Å². The van der Waals surface area contributed by atoms with E-state index in [4.69, 9.17) is 4.52 Å². The van der Waals surface area contributed by atoms with Crippen molar-refractivity contribution >= 4 is 17.4 Å². The van der Waals surface area contributed by atoms with Crippen LogP contribution in [0.3, 0.4) is 0 Å². The summed E-state index contributed by atoms with van der Waals surface area (Å²) in [5.41, 5.74) is 4.71. The molecular weight excluding hydrogens is 447 g/mol. The Kier molecular flexibility index (Phi) is 6.04. The zero-order valence-corrected chi connectivity index (χ0v) is 18.8. The van der Waals surface area contributed by atoms with Crippen LogP contribution in [0.1, 0.15) is 11.1 Å². The van der Waals surface area contributed by atoms with Crippen LogP contribution in [-0.2, 0) is 6.54 Å². The van der Waals surface area contributed by atoms with Crippen molar-refractivity contribution in [1.29, 1.82) is 0 Å². The van der Waals surface area contributed by atoms with Gasteiger partial charge < -0.3 is 19.7 Å². The van der Waals surface area contributed by atoms with E-state index in [9.17, 15) is 9.18 Å². The predicted octanol–water partition coefficient (Wildman–Crippen LogP) is 5.74. The summed E-state index contributed by atoms with van der Waals surface area (Å²) in [7, 11) is 0. The van der Waals surface area contributed by atoms with E-state index in [0.29, 0.717) is 29.3 Å². The van der Waals surface area contributed by atoms with Gasteiger partial charge in [0.2, 0.25) is 5.82 Å². The van der Waals surface area contributed by atoms with E-state index in [1.807, 2.05) is 66.2 Å². The Morgan fingerprint density at radius 2 is 1.77 bits per heavy atom. The third kappa shape index (κ3) is 5.41. The van der Waals surface area contributed by atoms with Gasteiger partial charge in [-0.1, -0.05) is 29.4 Å². The number of anilines is 2. The molecule has 8 nitrogen and oxygen atoms in total. The number of benzene rings is 3. The Labute approximate surface area is 200 Å². The van der Waals surface area contributed by atoms with Crippen molar-refractivity contribution in [1.82, 2.24) is 19.7 Å². The van der Waals surface area contributed by atoms with Crippen LogP contribution in [0, 0.1) is 12.7 Å². The fourth-order valence-electron chi connectivity index (χ4n) is 3.52. The number of rotatable bonds is 6. The summed E-state index contributed by atoms with van der Waals surface area (Å²) in [5.74, 6) is 0.317. The average Bonchev–Trinajstić information content (AvgIpc) is 3.51. The monoisotopic (exact) mass is 468 g/mol. The molecule has 9 heteroatoms. The third-order valence-electron chi connectivity index (χ3n) is 5.23. The highest BCUT2D eigenvalue weighted by atomic mass is 19.1. The van der Waals surface area contributed by atoms with E-state index < -0.39 is 0 Å². The van der Waals surface area contributed by atoms with Gasteiger partial charge in [0.05, 0.1) is 6.33 Å². The first-order valence-corrected chi connectivity index (χ1v) is 10.9. The maximum Gasteiger partial charge on any atom is 0.323 e. The van der Waals surface area contributed by atoms with Gasteiger partial charge in [-0.15, -0.1) is 0 Å². The number of urea groups is 1. The lowest BCUT2D eigenvalue weighted by atomic mass is 10.2. The van der Waals surface area contributed by atoms with Crippen LogP contribution in [0.4, 0.5) is 20.6 Å². The van der Waals surface area contributed by atoms with Crippen LogP contribution in [0.15, 0.2) is 89.8 Å². The van der Waals surface area contributed by atoms with E-state index in [-0.39, 0.29) is 17.7 Å². The Bertz CT molecular complexity index is 1460. The van der Waals surface area contributed by atoms with Crippen molar-refractivity contribution in [2.45, 2.75) is 13.5 Å². The van der Waals surface area contributed by atoms with Gasteiger partial charge in [-0.2, -0.15) is 4.98 Å². The molecule has 0 saturated heterocycles. The quantitative estimate of drug-likeness (QED) is 0.331. The first-order chi connectivity index (χ1) is 17.0. The molecule has 5 aromatic rings. The molecule has 0 aliphatic heterocycles. The van der Waals surface area contributed by atoms with Gasteiger partial charge in [0.25, 0.3) is 5.89 Å². The molecule has 5 rings (SSSR count). The number of aryl methyl sites for hydroxylation is 1. The standard InChI is InChI=1S/C26H21FN6O2/c1-17-3-2-4-22(13-17)30-26(34)29-21-11-5-18(6-12-21)14-33-15-23(28-16-33)25-31-24(32-35-25)19-7-9-20(27)10-8-19/h2-13,15-16H,14H2,1H3,(H2,29,30,34). The largest absolute Gasteiger partial charge is 0.332 e. The first kappa shape index (κ1) is 22.0. The maximum atomic E-state index is 13.1. The maximum absolute atomic E-state index is 13.1. The highest BCUT2D eigenvalue weighted by molar-refractivity contribution is 5.99. The molecule has 2 heterocycles. The van der Waals surface area contributed by atoms with Crippen LogP contribution in [-0.4, -0.2) is 25.7 Å². The lowest BCUT2D eigenvalue weighted by Crippen LogP contribution is -2.19. The van der Waals surface area contributed by atoms with Crippen molar-refractivity contribution < 1.29 is 13.7 Å². The number of imidazole rings is 1. The van der Waals surface area contributed by atoms with E-state index >= 15 is 0 Å². The molecule has 0 atom stereocenters. The summed E-state index contributed by atoms with van der Waals surface area (Å²) in [4.78, 5) is 20.9. The molecule has 0 saturated carbocycles. The number of hydrogen-bond donors (Lipinski definition) is 2. The normalized spacial score (nSPS) is 10.8. The van der Waals surface area contributed by atoms with E-state index in [1.165, 1.54) is 12.1 Å². The highest BCUT2D eigenvalue weighted by Crippen LogP contribution is 2.22. The van der Waals surface area contributed by atoms with E-state index in [2.05, 4.69) is 25.8 Å². The molecule has 2 amide bonds. The lowest BCUT2D eigenvalue weighted by molar-refractivity contribution is 0.262. The number of nitrogens with one attached hydrogen (secondary N) is 2. The van der Waals surface area contributed by atoms with Crippen molar-refractivity contribution in [3.8, 4) is 23.0 Å². The lowest BCUT2D eigenvalue weighted by Gasteiger charge is -2.09. The van der Waals surface area contributed by atoms with Crippen LogP contribution in [0.5, 0.6) is 0 Å². The molecular formula is C26H21FN6O2. The Morgan fingerprint density at radius 3 is 2.54 bits per heavy atom. The number of hydrogen-bond acceptors (Lipinski definition) is 5. The Balaban J connectivity index is 1.20. The fraction of sp³-hybridized carbons (Fsp3) is 0.0769. The molecule has 0 bridgehead atoms. The molecule has 3 aromatic carbocycles. The fourth-order valence-corrected chi connectivity index (χ4v) is 3.52. The molecule has 0 aliphatic carbocycles. The summed E-state index contributed by atoms with van der Waals surface area (Å²) in [6, 6.07) is 20.7. The van der Waals surface area contributed by atoms with Gasteiger partial charge in [0.15, 0.2) is 0 Å². The average molecular weight is 468 g/mol. The third-order valence-corrected chi connectivity index (χ3v) is 5.23. The topological polar surface area (TPSA) is 97.9 Å². The van der Waals surface area contributed by atoms with Gasteiger partial charge in [0.1, 0.15) is 11.5 Å². The predicted molar refractivity (Wildman–Crippen MR) is 130 cm³/mol. The molecule has 0 spiro atoms. The number of nitrogens with zero attached hydrogens (tertiary/aromatic N) is 4. The van der Waals surface area contributed by atoms with Gasteiger partial charge in [-0.25, -0.2) is 14.2 Å². The molecule has 174 valence electrons. The molecule has 0 radical (unpaired) electrons. The smallest absolute Gasteiger partial charge is 0.323 e. The zero-order valence-electron chi connectivity index (χ0n) is 18.8. The highest BCUT2D eigenvalue weighted by Gasteiger charge is 2.13. The minimum absolute atomic E-state index is 0.280. The minimum atomic E-state index is -0.328. The summed E-state index contributed by atoms with van der Waals surface area (Å²) in [6.07, 6.45) is 3.49. The summed E-state index contributed by atoms with van der Waals surface area (Å²) in [5, 5.41) is 9.60. The van der Waals surface area contributed by atoms with Gasteiger partial charge >= 0.3 is 6.03 Å². The molecule has 0 unspecified atom stereocenters. The minimum Gasteiger partial charge on any atom is -0.332 e. The zero-order chi connectivity index (χ0) is 24.2. The Morgan fingerprint density at radius 1 is 1.00 bits per heavy atom. The summed E-state index contributed by atoms with van der Waals surface area (Å²) in [6.45, 7) is 2.54. The number of aromatic nitrogens is 4. The molecule has 2 aromatic heterocycles. The number of carbonyl (C=O) groups is 1. The second-order valence-corrected chi connectivity index (χ2v) is 8.01. The Hall–Kier alpha value is -4.79. The summed E-state index contributed by atoms with van der Waals surface area (Å²) < 4.78 is 20.3. The number of halogens is 1. The number of carbonyl (C=O) groups excluding carboxylic acids is 1. The van der Waals surface area contributed by atoms with Gasteiger partial charge in [0, 0.05) is 29.7 Å². The SMILES string of the molecule is Cc1cccc(NC(=O)Nc2ccc(Cn3cnc(-c4nc(-c5ccc(F)cc5)no4)c3)cc2)c1. The molecule has 2 N–H and O–H groups in total. The van der Waals surface area contributed by atoms with Crippen molar-refractivity contribution in [2.75, 3.05) is 10.6 Å². The van der Waals surface area contributed by atoms with E-state index in [1.54, 1.807) is 18.5 Å². The molecule has 0 aliphatic rings. The molecule has 35 heavy (non-hydrogen) atoms. The van der Waals surface area contributed by atoms with Crippen molar-refractivity contribution in [3.63, 3.8) is 0 Å². The van der Waals surface area contributed by atoms with Crippen LogP contribution in [0.25, 0.3) is 23.0 Å². The van der Waals surface area contributed by atoms with Gasteiger partial charge in [-0.05, 0) is 66.6 Å². The van der Waals surface area contributed by atoms with Gasteiger partial charge in [-0.3, -0.25) is 0 Å². The number of amides is 2. The van der Waals surface area contributed by atoms with Crippen LogP contribution in [0.2, 0.25) is 0 Å². The summed E-state index contributed by atoms with van der Waals surface area (Å²) >= 11 is 0. The van der Waals surface area contributed by atoms with Crippen LogP contribution < -0.4 is 10.6 Å². The van der Waals surface area contributed by atoms with Crippen molar-refractivity contribution in [2.24, 2.45) is 0 Å².